The van der Waals surface area contributed by atoms with Gasteiger partial charge >= 0.3 is 0 Å². The molecule has 1 spiro atoms. The zero-order valence-electron chi connectivity index (χ0n) is 13.6. The maximum absolute atomic E-state index is 6.40. The van der Waals surface area contributed by atoms with Crippen molar-refractivity contribution in [3.05, 3.63) is 0 Å². The van der Waals surface area contributed by atoms with Gasteiger partial charge in [0.25, 0.3) is 0 Å². The van der Waals surface area contributed by atoms with E-state index in [0.29, 0.717) is 6.04 Å². The molecule has 0 bridgehead atoms. The number of hydrogen-bond donors (Lipinski definition) is 1. The van der Waals surface area contributed by atoms with E-state index in [1.165, 1.54) is 25.9 Å². The first-order valence-corrected chi connectivity index (χ1v) is 8.50. The molecule has 5 nitrogen and oxygen atoms in total. The van der Waals surface area contributed by atoms with Gasteiger partial charge < -0.3 is 25.0 Å². The lowest BCUT2D eigenvalue weighted by Gasteiger charge is -2.44. The number of ether oxygens (including phenoxy) is 2. The summed E-state index contributed by atoms with van der Waals surface area (Å²) < 4.78 is 11.8. The molecule has 2 atom stereocenters. The number of rotatable bonds is 3. The van der Waals surface area contributed by atoms with Crippen molar-refractivity contribution in [2.75, 3.05) is 46.9 Å². The van der Waals surface area contributed by atoms with E-state index in [2.05, 4.69) is 23.9 Å². The molecule has 21 heavy (non-hydrogen) atoms. The Balaban J connectivity index is 1.56. The van der Waals surface area contributed by atoms with Crippen LogP contribution in [0.3, 0.4) is 0 Å². The molecule has 2 aliphatic heterocycles. The quantitative estimate of drug-likeness (QED) is 0.838. The SMILES string of the molecule is CN1CCC(CN(C)C2CC3(CCC2N)OCCO3)CC1. The van der Waals surface area contributed by atoms with Crippen LogP contribution in [0, 0.1) is 5.92 Å². The summed E-state index contributed by atoms with van der Waals surface area (Å²) in [6.07, 6.45) is 5.49. The minimum atomic E-state index is -0.332. The Kier molecular flexibility index (Phi) is 4.86. The van der Waals surface area contributed by atoms with Crippen LogP contribution in [-0.4, -0.2) is 74.6 Å². The predicted molar refractivity (Wildman–Crippen MR) is 83.1 cm³/mol. The smallest absolute Gasteiger partial charge is 0.170 e. The number of piperidine rings is 1. The van der Waals surface area contributed by atoms with Crippen LogP contribution >= 0.6 is 0 Å². The van der Waals surface area contributed by atoms with Gasteiger partial charge in [-0.1, -0.05) is 0 Å². The van der Waals surface area contributed by atoms with Gasteiger partial charge in [-0.15, -0.1) is 0 Å². The number of likely N-dealkylation sites (tertiary alicyclic amines) is 1. The molecule has 1 aliphatic carbocycles. The Hall–Kier alpha value is -0.200. The van der Waals surface area contributed by atoms with E-state index >= 15 is 0 Å². The molecule has 0 aromatic heterocycles. The molecule has 0 radical (unpaired) electrons. The molecular weight excluding hydrogens is 266 g/mol. The molecule has 3 fully saturated rings. The maximum atomic E-state index is 6.40. The summed E-state index contributed by atoms with van der Waals surface area (Å²) in [6.45, 7) is 5.08. The molecule has 0 aromatic rings. The zero-order chi connectivity index (χ0) is 14.9. The summed E-state index contributed by atoms with van der Waals surface area (Å²) in [7, 11) is 4.45. The van der Waals surface area contributed by atoms with E-state index in [-0.39, 0.29) is 11.8 Å². The third-order valence-electron chi connectivity index (χ3n) is 5.64. The van der Waals surface area contributed by atoms with Crippen molar-refractivity contribution in [1.82, 2.24) is 9.80 Å². The molecule has 1 saturated carbocycles. The first-order valence-electron chi connectivity index (χ1n) is 8.50. The summed E-state index contributed by atoms with van der Waals surface area (Å²) in [5.41, 5.74) is 6.40. The normalized spacial score (nSPS) is 34.9. The van der Waals surface area contributed by atoms with Crippen LogP contribution in [0.4, 0.5) is 0 Å². The van der Waals surface area contributed by atoms with Crippen molar-refractivity contribution >= 4 is 0 Å². The van der Waals surface area contributed by atoms with E-state index in [9.17, 15) is 0 Å². The summed E-state index contributed by atoms with van der Waals surface area (Å²) >= 11 is 0. The van der Waals surface area contributed by atoms with Crippen LogP contribution < -0.4 is 5.73 Å². The minimum Gasteiger partial charge on any atom is -0.347 e. The number of likely N-dealkylation sites (N-methyl/N-ethyl adjacent to an activating group) is 1. The van der Waals surface area contributed by atoms with Crippen LogP contribution in [-0.2, 0) is 9.47 Å². The number of nitrogens with two attached hydrogens (primary N) is 1. The lowest BCUT2D eigenvalue weighted by Crippen LogP contribution is -2.56. The van der Waals surface area contributed by atoms with Gasteiger partial charge in [0.05, 0.1) is 13.2 Å². The molecule has 5 heteroatoms. The number of nitrogens with zero attached hydrogens (tertiary/aromatic N) is 2. The van der Waals surface area contributed by atoms with E-state index in [0.717, 1.165) is 44.9 Å². The van der Waals surface area contributed by atoms with Gasteiger partial charge in [0, 0.05) is 31.5 Å². The van der Waals surface area contributed by atoms with Crippen molar-refractivity contribution < 1.29 is 9.47 Å². The van der Waals surface area contributed by atoms with Crippen LogP contribution in [0.15, 0.2) is 0 Å². The van der Waals surface area contributed by atoms with Crippen LogP contribution in [0.2, 0.25) is 0 Å². The van der Waals surface area contributed by atoms with Crippen molar-refractivity contribution in [1.29, 1.82) is 0 Å². The molecule has 2 N–H and O–H groups in total. The molecule has 2 saturated heterocycles. The third kappa shape index (κ3) is 3.59. The van der Waals surface area contributed by atoms with Crippen molar-refractivity contribution in [3.8, 4) is 0 Å². The zero-order valence-corrected chi connectivity index (χ0v) is 13.6. The van der Waals surface area contributed by atoms with Gasteiger partial charge in [0.15, 0.2) is 5.79 Å². The summed E-state index contributed by atoms with van der Waals surface area (Å²) in [5.74, 6) is 0.475. The van der Waals surface area contributed by atoms with Gasteiger partial charge in [0.1, 0.15) is 0 Å². The molecule has 122 valence electrons. The highest BCUT2D eigenvalue weighted by atomic mass is 16.7. The largest absolute Gasteiger partial charge is 0.347 e. The second-order valence-electron chi connectivity index (χ2n) is 7.27. The minimum absolute atomic E-state index is 0.250. The predicted octanol–water partition coefficient (Wildman–Crippen LogP) is 0.883. The molecule has 3 rings (SSSR count). The highest BCUT2D eigenvalue weighted by Crippen LogP contribution is 2.37. The van der Waals surface area contributed by atoms with E-state index in [4.69, 9.17) is 15.2 Å². The van der Waals surface area contributed by atoms with Crippen LogP contribution in [0.25, 0.3) is 0 Å². The second kappa shape index (κ2) is 6.50. The second-order valence-corrected chi connectivity index (χ2v) is 7.27. The Morgan fingerprint density at radius 2 is 1.86 bits per heavy atom. The van der Waals surface area contributed by atoms with Crippen molar-refractivity contribution in [2.24, 2.45) is 11.7 Å². The Labute approximate surface area is 128 Å². The first kappa shape index (κ1) is 15.7. The van der Waals surface area contributed by atoms with Gasteiger partial charge in [0.2, 0.25) is 0 Å². The Bertz CT molecular complexity index is 338. The van der Waals surface area contributed by atoms with Crippen LogP contribution in [0.1, 0.15) is 32.1 Å². The average Bonchev–Trinajstić information content (AvgIpc) is 2.93. The van der Waals surface area contributed by atoms with Crippen LogP contribution in [0.5, 0.6) is 0 Å². The Morgan fingerprint density at radius 1 is 1.19 bits per heavy atom. The van der Waals surface area contributed by atoms with Gasteiger partial charge in [-0.3, -0.25) is 0 Å². The molecule has 2 heterocycles. The fourth-order valence-electron chi connectivity index (χ4n) is 4.18. The Morgan fingerprint density at radius 3 is 2.52 bits per heavy atom. The van der Waals surface area contributed by atoms with Gasteiger partial charge in [-0.2, -0.15) is 0 Å². The van der Waals surface area contributed by atoms with E-state index in [1.807, 2.05) is 0 Å². The molecule has 2 unspecified atom stereocenters. The highest BCUT2D eigenvalue weighted by Gasteiger charge is 2.45. The fourth-order valence-corrected chi connectivity index (χ4v) is 4.18. The van der Waals surface area contributed by atoms with E-state index in [1.54, 1.807) is 0 Å². The molecular formula is C16H31N3O2. The summed E-state index contributed by atoms with van der Waals surface area (Å²) in [6, 6.07) is 0.635. The average molecular weight is 297 g/mol. The standard InChI is InChI=1S/C16H31N3O2/c1-18-7-4-13(5-8-18)12-19(2)15-11-16(6-3-14(15)17)20-9-10-21-16/h13-15H,3-12,17H2,1-2H3. The van der Waals surface area contributed by atoms with E-state index < -0.39 is 0 Å². The summed E-state index contributed by atoms with van der Waals surface area (Å²) in [4.78, 5) is 4.91. The lowest BCUT2D eigenvalue weighted by atomic mass is 9.84. The topological polar surface area (TPSA) is 51.0 Å². The summed E-state index contributed by atoms with van der Waals surface area (Å²) in [5, 5.41) is 0. The molecule has 0 amide bonds. The van der Waals surface area contributed by atoms with Gasteiger partial charge in [-0.05, 0) is 52.4 Å². The third-order valence-corrected chi connectivity index (χ3v) is 5.64. The maximum Gasteiger partial charge on any atom is 0.170 e. The monoisotopic (exact) mass is 297 g/mol. The lowest BCUT2D eigenvalue weighted by molar-refractivity contribution is -0.191. The highest BCUT2D eigenvalue weighted by molar-refractivity contribution is 4.95. The number of hydrogen-bond acceptors (Lipinski definition) is 5. The van der Waals surface area contributed by atoms with Crippen molar-refractivity contribution in [2.45, 2.75) is 50.0 Å². The first-order chi connectivity index (χ1) is 10.1. The molecule has 0 aromatic carbocycles. The fraction of sp³-hybridized carbons (Fsp3) is 1.00. The van der Waals surface area contributed by atoms with Crippen molar-refractivity contribution in [3.63, 3.8) is 0 Å². The molecule has 3 aliphatic rings. The van der Waals surface area contributed by atoms with Gasteiger partial charge in [-0.25, -0.2) is 0 Å².